The molecular weight excluding hydrogens is 312 g/mol. The number of hydrogen-bond acceptors (Lipinski definition) is 4. The summed E-state index contributed by atoms with van der Waals surface area (Å²) < 4.78 is 0. The van der Waals surface area contributed by atoms with Gasteiger partial charge in [0.05, 0.1) is 17.6 Å². The van der Waals surface area contributed by atoms with Crippen LogP contribution in [0.5, 0.6) is 0 Å². The van der Waals surface area contributed by atoms with E-state index in [1.165, 1.54) is 11.1 Å². The molecule has 0 fully saturated rings. The topological polar surface area (TPSA) is 75.9 Å². The number of aromatic nitrogens is 2. The fourth-order valence-corrected chi connectivity index (χ4v) is 2.79. The van der Waals surface area contributed by atoms with Crippen LogP contribution >= 0.6 is 0 Å². The number of nitriles is 1. The van der Waals surface area contributed by atoms with Crippen molar-refractivity contribution >= 4 is 16.6 Å². The summed E-state index contributed by atoms with van der Waals surface area (Å²) in [5, 5.41) is 19.9. The third kappa shape index (κ3) is 3.70. The molecule has 5 nitrogen and oxygen atoms in total. The van der Waals surface area contributed by atoms with Gasteiger partial charge in [-0.3, -0.25) is 4.90 Å². The van der Waals surface area contributed by atoms with Crippen molar-refractivity contribution in [1.82, 2.24) is 14.9 Å². The van der Waals surface area contributed by atoms with E-state index in [4.69, 9.17) is 0 Å². The van der Waals surface area contributed by atoms with Gasteiger partial charge >= 0.3 is 0 Å². The van der Waals surface area contributed by atoms with Crippen LogP contribution in [0.3, 0.4) is 0 Å². The third-order valence-electron chi connectivity index (χ3n) is 4.15. The maximum Gasteiger partial charge on any atom is 0.152 e. The molecule has 1 heterocycles. The van der Waals surface area contributed by atoms with Crippen LogP contribution in [0.25, 0.3) is 16.6 Å². The van der Waals surface area contributed by atoms with Gasteiger partial charge in [-0.25, -0.2) is 4.98 Å². The summed E-state index contributed by atoms with van der Waals surface area (Å²) in [6.07, 6.45) is 0. The number of H-pyrrole nitrogens is 1. The first kappa shape index (κ1) is 16.7. The Hall–Kier alpha value is -3.10. The van der Waals surface area contributed by atoms with E-state index in [-0.39, 0.29) is 17.9 Å². The second kappa shape index (κ2) is 7.20. The molecule has 0 saturated heterocycles. The molecule has 3 rings (SSSR count). The highest BCUT2D eigenvalue weighted by molar-refractivity contribution is 5.82. The number of nitrogens with one attached hydrogen (secondary N) is 1. The molecule has 2 N–H and O–H groups in total. The molecule has 0 amide bonds. The summed E-state index contributed by atoms with van der Waals surface area (Å²) in [6.45, 7) is 3.03. The molecule has 25 heavy (non-hydrogen) atoms. The Morgan fingerprint density at radius 3 is 2.64 bits per heavy atom. The Balaban J connectivity index is 1.82. The molecule has 1 aromatic heterocycles. The van der Waals surface area contributed by atoms with Crippen molar-refractivity contribution in [3.8, 4) is 6.07 Å². The number of para-hydroxylation sites is 2. The van der Waals surface area contributed by atoms with Gasteiger partial charge < -0.3 is 10.1 Å². The van der Waals surface area contributed by atoms with Crippen molar-refractivity contribution < 1.29 is 5.11 Å². The smallest absolute Gasteiger partial charge is 0.152 e. The number of fused-ring (bicyclic) bond motifs is 1. The lowest BCUT2D eigenvalue weighted by Gasteiger charge is -2.18. The van der Waals surface area contributed by atoms with Gasteiger partial charge in [-0.15, -0.1) is 0 Å². The maximum absolute atomic E-state index is 10.5. The van der Waals surface area contributed by atoms with Crippen LogP contribution in [-0.4, -0.2) is 33.6 Å². The van der Waals surface area contributed by atoms with E-state index in [0.29, 0.717) is 12.4 Å². The lowest BCUT2D eigenvalue weighted by atomic mass is 10.1. The van der Waals surface area contributed by atoms with E-state index >= 15 is 0 Å². The fourth-order valence-electron chi connectivity index (χ4n) is 2.79. The molecule has 2 aromatic carbocycles. The zero-order valence-electron chi connectivity index (χ0n) is 14.3. The van der Waals surface area contributed by atoms with Gasteiger partial charge in [0.1, 0.15) is 17.4 Å². The normalized spacial score (nSPS) is 12.2. The van der Waals surface area contributed by atoms with Crippen LogP contribution in [-0.2, 0) is 6.54 Å². The summed E-state index contributed by atoms with van der Waals surface area (Å²) in [5.41, 5.74) is 4.18. The first-order valence-electron chi connectivity index (χ1n) is 8.09. The molecule has 0 spiro atoms. The molecule has 3 aromatic rings. The molecule has 0 aliphatic carbocycles. The fraction of sp³-hybridized carbons (Fsp3) is 0.200. The highest BCUT2D eigenvalue weighted by atomic mass is 16.3. The van der Waals surface area contributed by atoms with Crippen LogP contribution in [0.15, 0.2) is 54.3 Å². The largest absolute Gasteiger partial charge is 0.509 e. The minimum absolute atomic E-state index is 0.0117. The number of aliphatic hydroxyl groups is 1. The van der Waals surface area contributed by atoms with Crippen molar-refractivity contribution in [1.29, 1.82) is 5.26 Å². The first-order chi connectivity index (χ1) is 12.1. The van der Waals surface area contributed by atoms with E-state index in [0.717, 1.165) is 11.0 Å². The first-order valence-corrected chi connectivity index (χ1v) is 8.09. The molecule has 0 aliphatic rings. The number of imidazole rings is 1. The minimum Gasteiger partial charge on any atom is -0.509 e. The van der Waals surface area contributed by atoms with Crippen molar-refractivity contribution in [2.24, 2.45) is 0 Å². The molecule has 0 aliphatic heterocycles. The maximum atomic E-state index is 10.5. The van der Waals surface area contributed by atoms with Gasteiger partial charge in [-0.1, -0.05) is 36.4 Å². The predicted octanol–water partition coefficient (Wildman–Crippen LogP) is 3.80. The summed E-state index contributed by atoms with van der Waals surface area (Å²) >= 11 is 0. The zero-order valence-corrected chi connectivity index (χ0v) is 14.3. The molecule has 0 unspecified atom stereocenters. The van der Waals surface area contributed by atoms with Crippen molar-refractivity contribution in [3.63, 3.8) is 0 Å². The number of aliphatic hydroxyl groups excluding tert-OH is 1. The lowest BCUT2D eigenvalue weighted by Crippen LogP contribution is -2.21. The van der Waals surface area contributed by atoms with Gasteiger partial charge in [0.2, 0.25) is 0 Å². The average molecular weight is 332 g/mol. The number of nitrogens with zero attached hydrogens (tertiary/aromatic N) is 3. The van der Waals surface area contributed by atoms with E-state index in [1.807, 2.05) is 48.3 Å². The lowest BCUT2D eigenvalue weighted by molar-refractivity contribution is 0.285. The zero-order chi connectivity index (χ0) is 17.8. The standard InChI is InChI=1S/C20H20N4O/c1-14-7-3-4-8-15(14)12-24(2)13-19(25)16(11-21)20-22-17-9-5-6-10-18(17)23-20/h3-10,25H,12-13H2,1-2H3,(H,22,23)/b19-16-. The molecule has 5 heteroatoms. The van der Waals surface area contributed by atoms with Crippen LogP contribution in [0.1, 0.15) is 17.0 Å². The van der Waals surface area contributed by atoms with Gasteiger partial charge in [-0.05, 0) is 37.2 Å². The highest BCUT2D eigenvalue weighted by Gasteiger charge is 2.15. The minimum atomic E-state index is 0.0117. The number of aromatic amines is 1. The van der Waals surface area contributed by atoms with Gasteiger partial charge in [-0.2, -0.15) is 5.26 Å². The summed E-state index contributed by atoms with van der Waals surface area (Å²) in [5.74, 6) is 0.406. The van der Waals surface area contributed by atoms with Crippen molar-refractivity contribution in [2.75, 3.05) is 13.6 Å². The van der Waals surface area contributed by atoms with Gasteiger partial charge in [0.15, 0.2) is 5.82 Å². The SMILES string of the molecule is Cc1ccccc1CN(C)C/C(O)=C(\C#N)c1nc2ccccc2[nH]1. The summed E-state index contributed by atoms with van der Waals surface area (Å²) in [7, 11) is 1.91. The number of likely N-dealkylation sites (N-methyl/N-ethyl adjacent to an activating group) is 1. The van der Waals surface area contributed by atoms with E-state index < -0.39 is 0 Å². The Kier molecular flexibility index (Phi) is 4.82. The Morgan fingerprint density at radius 1 is 1.20 bits per heavy atom. The second-order valence-electron chi connectivity index (χ2n) is 6.13. The summed E-state index contributed by atoms with van der Waals surface area (Å²) in [6, 6.07) is 17.7. The number of aryl methyl sites for hydroxylation is 1. The van der Waals surface area contributed by atoms with E-state index in [1.54, 1.807) is 0 Å². The molecule has 126 valence electrons. The Bertz CT molecular complexity index is 932. The van der Waals surface area contributed by atoms with E-state index in [9.17, 15) is 10.4 Å². The van der Waals surface area contributed by atoms with Crippen LogP contribution in [0.4, 0.5) is 0 Å². The second-order valence-corrected chi connectivity index (χ2v) is 6.13. The number of allylic oxidation sites excluding steroid dienone is 1. The number of hydrogen-bond donors (Lipinski definition) is 2. The Morgan fingerprint density at radius 2 is 1.92 bits per heavy atom. The molecule has 0 atom stereocenters. The Labute approximate surface area is 146 Å². The molecule has 0 radical (unpaired) electrons. The highest BCUT2D eigenvalue weighted by Crippen LogP contribution is 2.19. The summed E-state index contributed by atoms with van der Waals surface area (Å²) in [4.78, 5) is 9.46. The van der Waals surface area contributed by atoms with Crippen LogP contribution in [0.2, 0.25) is 0 Å². The molecule has 0 saturated carbocycles. The van der Waals surface area contributed by atoms with Gasteiger partial charge in [0.25, 0.3) is 0 Å². The van der Waals surface area contributed by atoms with Crippen molar-refractivity contribution in [2.45, 2.75) is 13.5 Å². The molecular formula is C20H20N4O. The van der Waals surface area contributed by atoms with Gasteiger partial charge in [0, 0.05) is 6.54 Å². The number of rotatable bonds is 5. The average Bonchev–Trinajstić information content (AvgIpc) is 3.01. The van der Waals surface area contributed by atoms with E-state index in [2.05, 4.69) is 35.1 Å². The molecule has 0 bridgehead atoms. The van der Waals surface area contributed by atoms with Crippen LogP contribution in [0, 0.1) is 18.3 Å². The quantitative estimate of drug-likeness (QED) is 0.550. The monoisotopic (exact) mass is 332 g/mol. The predicted molar refractivity (Wildman–Crippen MR) is 98.8 cm³/mol. The number of benzene rings is 2. The van der Waals surface area contributed by atoms with Crippen LogP contribution < -0.4 is 0 Å². The van der Waals surface area contributed by atoms with Crippen molar-refractivity contribution in [3.05, 3.63) is 71.2 Å². The third-order valence-corrected chi connectivity index (χ3v) is 4.15.